The number of nitrogens with zero attached hydrogens (tertiary/aromatic N) is 3. The quantitative estimate of drug-likeness (QED) is 0.877. The molecule has 1 aliphatic rings. The van der Waals surface area contributed by atoms with Gasteiger partial charge in [0.1, 0.15) is 5.82 Å². The minimum absolute atomic E-state index is 0.202. The molecule has 126 valence electrons. The number of nitrogens with one attached hydrogen (secondary N) is 1. The first kappa shape index (κ1) is 16.4. The number of carbonyl (C=O) groups is 1. The van der Waals surface area contributed by atoms with E-state index in [1.807, 2.05) is 18.2 Å². The van der Waals surface area contributed by atoms with Crippen LogP contribution in [0.2, 0.25) is 0 Å². The zero-order valence-electron chi connectivity index (χ0n) is 13.8. The van der Waals surface area contributed by atoms with Gasteiger partial charge in [-0.25, -0.2) is 9.97 Å². The van der Waals surface area contributed by atoms with Gasteiger partial charge in [-0.2, -0.15) is 0 Å². The average molecular weight is 326 g/mol. The van der Waals surface area contributed by atoms with Gasteiger partial charge >= 0.3 is 5.97 Å². The summed E-state index contributed by atoms with van der Waals surface area (Å²) < 4.78 is 0. The molecule has 0 saturated heterocycles. The molecular formula is C18H22N4O2. The maximum Gasteiger partial charge on any atom is 0.306 e. The number of hydrogen-bond acceptors (Lipinski definition) is 5. The second-order valence-corrected chi connectivity index (χ2v) is 6.19. The van der Waals surface area contributed by atoms with Crippen LogP contribution in [0.15, 0.2) is 30.6 Å². The topological polar surface area (TPSA) is 88.0 Å². The summed E-state index contributed by atoms with van der Waals surface area (Å²) in [5.74, 6) is 0.627. The van der Waals surface area contributed by atoms with Gasteiger partial charge in [-0.1, -0.05) is 6.92 Å². The van der Waals surface area contributed by atoms with Gasteiger partial charge in [-0.05, 0) is 44.2 Å². The van der Waals surface area contributed by atoms with Crippen LogP contribution in [0.25, 0.3) is 11.4 Å². The number of aromatic nitrogens is 3. The number of pyridine rings is 1. The van der Waals surface area contributed by atoms with Gasteiger partial charge in [-0.3, -0.25) is 9.78 Å². The molecule has 0 amide bonds. The molecular weight excluding hydrogens is 304 g/mol. The van der Waals surface area contributed by atoms with Crippen LogP contribution in [0.5, 0.6) is 0 Å². The lowest BCUT2D eigenvalue weighted by molar-refractivity contribution is -0.142. The van der Waals surface area contributed by atoms with Gasteiger partial charge in [0.2, 0.25) is 0 Å². The third-order valence-corrected chi connectivity index (χ3v) is 4.51. The van der Waals surface area contributed by atoms with Crippen LogP contribution in [0.1, 0.15) is 38.3 Å². The molecule has 6 nitrogen and oxygen atoms in total. The third-order valence-electron chi connectivity index (χ3n) is 4.51. The zero-order valence-corrected chi connectivity index (χ0v) is 13.8. The van der Waals surface area contributed by atoms with Crippen LogP contribution in [-0.2, 0) is 11.2 Å². The Morgan fingerprint density at radius 2 is 1.92 bits per heavy atom. The first-order valence-electron chi connectivity index (χ1n) is 8.43. The van der Waals surface area contributed by atoms with E-state index in [2.05, 4.69) is 27.2 Å². The van der Waals surface area contributed by atoms with Crippen LogP contribution >= 0.6 is 0 Å². The van der Waals surface area contributed by atoms with Crippen LogP contribution in [0.4, 0.5) is 5.82 Å². The van der Waals surface area contributed by atoms with E-state index < -0.39 is 5.97 Å². The number of aryl methyl sites for hydroxylation is 1. The highest BCUT2D eigenvalue weighted by molar-refractivity contribution is 5.70. The molecule has 1 saturated carbocycles. The Hall–Kier alpha value is -2.50. The molecule has 0 unspecified atom stereocenters. The van der Waals surface area contributed by atoms with E-state index in [0.717, 1.165) is 49.2 Å². The summed E-state index contributed by atoms with van der Waals surface area (Å²) in [6.07, 6.45) is 7.45. The molecule has 6 heteroatoms. The second-order valence-electron chi connectivity index (χ2n) is 6.19. The monoisotopic (exact) mass is 326 g/mol. The normalized spacial score (nSPS) is 20.5. The Morgan fingerprint density at radius 3 is 2.54 bits per heavy atom. The van der Waals surface area contributed by atoms with Crippen LogP contribution in [0, 0.1) is 5.92 Å². The summed E-state index contributed by atoms with van der Waals surface area (Å²) in [6, 6.07) is 6.05. The van der Waals surface area contributed by atoms with Crippen molar-refractivity contribution in [2.75, 3.05) is 5.32 Å². The molecule has 2 aromatic rings. The summed E-state index contributed by atoms with van der Waals surface area (Å²) in [7, 11) is 0. The Morgan fingerprint density at radius 1 is 1.21 bits per heavy atom. The molecule has 0 radical (unpaired) electrons. The minimum atomic E-state index is -0.677. The van der Waals surface area contributed by atoms with Crippen molar-refractivity contribution in [3.05, 3.63) is 36.3 Å². The van der Waals surface area contributed by atoms with Crippen molar-refractivity contribution in [1.82, 2.24) is 15.0 Å². The van der Waals surface area contributed by atoms with Gasteiger partial charge in [0.05, 0.1) is 5.92 Å². The fourth-order valence-electron chi connectivity index (χ4n) is 3.08. The summed E-state index contributed by atoms with van der Waals surface area (Å²) >= 11 is 0. The second kappa shape index (κ2) is 7.38. The average Bonchev–Trinajstić information content (AvgIpc) is 2.62. The maximum atomic E-state index is 11.1. The summed E-state index contributed by atoms with van der Waals surface area (Å²) in [5, 5.41) is 12.6. The molecule has 2 N–H and O–H groups in total. The molecule has 0 spiro atoms. The molecule has 3 rings (SSSR count). The van der Waals surface area contributed by atoms with E-state index >= 15 is 0 Å². The molecule has 0 atom stereocenters. The SMILES string of the molecule is CCc1cc(NC2CCC(C(=O)O)CC2)nc(-c2ccncc2)n1. The molecule has 1 aliphatic carbocycles. The van der Waals surface area contributed by atoms with Crippen LogP contribution in [-0.4, -0.2) is 32.1 Å². The lowest BCUT2D eigenvalue weighted by Crippen LogP contribution is -2.29. The lowest BCUT2D eigenvalue weighted by atomic mass is 9.86. The number of hydrogen-bond donors (Lipinski definition) is 2. The van der Waals surface area contributed by atoms with E-state index in [1.54, 1.807) is 12.4 Å². The van der Waals surface area contributed by atoms with E-state index in [9.17, 15) is 4.79 Å². The number of carboxylic acids is 1. The van der Waals surface area contributed by atoms with Crippen molar-refractivity contribution >= 4 is 11.8 Å². The maximum absolute atomic E-state index is 11.1. The smallest absolute Gasteiger partial charge is 0.306 e. The molecule has 2 heterocycles. The summed E-state index contributed by atoms with van der Waals surface area (Å²) in [5.41, 5.74) is 1.93. The molecule has 2 aromatic heterocycles. The minimum Gasteiger partial charge on any atom is -0.481 e. The lowest BCUT2D eigenvalue weighted by Gasteiger charge is -2.27. The van der Waals surface area contributed by atoms with Crippen molar-refractivity contribution in [3.8, 4) is 11.4 Å². The van der Waals surface area contributed by atoms with Gasteiger partial charge in [-0.15, -0.1) is 0 Å². The molecule has 24 heavy (non-hydrogen) atoms. The van der Waals surface area contributed by atoms with E-state index in [1.165, 1.54) is 0 Å². The van der Waals surface area contributed by atoms with E-state index in [-0.39, 0.29) is 12.0 Å². The first-order chi connectivity index (χ1) is 11.7. The van der Waals surface area contributed by atoms with Crippen LogP contribution < -0.4 is 5.32 Å². The number of aliphatic carboxylic acids is 1. The summed E-state index contributed by atoms with van der Waals surface area (Å²) in [4.78, 5) is 24.3. The van der Waals surface area contributed by atoms with E-state index in [0.29, 0.717) is 5.82 Å². The molecule has 0 aromatic carbocycles. The van der Waals surface area contributed by atoms with Crippen molar-refractivity contribution < 1.29 is 9.90 Å². The number of carboxylic acid groups (broad SMARTS) is 1. The Labute approximate surface area is 141 Å². The van der Waals surface area contributed by atoms with Crippen molar-refractivity contribution in [1.29, 1.82) is 0 Å². The van der Waals surface area contributed by atoms with Crippen molar-refractivity contribution in [3.63, 3.8) is 0 Å². The molecule has 1 fully saturated rings. The largest absolute Gasteiger partial charge is 0.481 e. The zero-order chi connectivity index (χ0) is 16.9. The molecule has 0 aliphatic heterocycles. The van der Waals surface area contributed by atoms with Gasteiger partial charge < -0.3 is 10.4 Å². The predicted molar refractivity (Wildman–Crippen MR) is 91.6 cm³/mol. The highest BCUT2D eigenvalue weighted by Gasteiger charge is 2.26. The van der Waals surface area contributed by atoms with Gasteiger partial charge in [0.25, 0.3) is 0 Å². The molecule has 0 bridgehead atoms. The van der Waals surface area contributed by atoms with E-state index in [4.69, 9.17) is 5.11 Å². The van der Waals surface area contributed by atoms with Gasteiger partial charge in [0, 0.05) is 35.8 Å². The summed E-state index contributed by atoms with van der Waals surface area (Å²) in [6.45, 7) is 2.07. The highest BCUT2D eigenvalue weighted by atomic mass is 16.4. The van der Waals surface area contributed by atoms with Crippen LogP contribution in [0.3, 0.4) is 0 Å². The third kappa shape index (κ3) is 3.88. The Kier molecular flexibility index (Phi) is 5.03. The first-order valence-corrected chi connectivity index (χ1v) is 8.43. The predicted octanol–water partition coefficient (Wildman–Crippen LogP) is 3.16. The Balaban J connectivity index is 1.75. The fraction of sp³-hybridized carbons (Fsp3) is 0.444. The number of rotatable bonds is 5. The standard InChI is InChI=1S/C18H22N4O2/c1-2-14-11-16(20-15-5-3-13(4-6-15)18(23)24)22-17(21-14)12-7-9-19-10-8-12/h7-11,13,15H,2-6H2,1H3,(H,23,24)(H,20,21,22). The van der Waals surface area contributed by atoms with Crippen molar-refractivity contribution in [2.45, 2.75) is 45.1 Å². The fourth-order valence-corrected chi connectivity index (χ4v) is 3.08. The highest BCUT2D eigenvalue weighted by Crippen LogP contribution is 2.27. The number of anilines is 1. The van der Waals surface area contributed by atoms with Gasteiger partial charge in [0.15, 0.2) is 5.82 Å². The van der Waals surface area contributed by atoms with Crippen molar-refractivity contribution in [2.24, 2.45) is 5.92 Å². The Bertz CT molecular complexity index is 697.